The fourth-order valence-electron chi connectivity index (χ4n) is 3.78. The van der Waals surface area contributed by atoms with Crippen molar-refractivity contribution in [3.63, 3.8) is 0 Å². The first-order chi connectivity index (χ1) is 16.9. The smallest absolute Gasteiger partial charge is 0.416 e. The molecule has 13 heteroatoms. The van der Waals surface area contributed by atoms with Crippen molar-refractivity contribution < 1.29 is 28.2 Å². The summed E-state index contributed by atoms with van der Waals surface area (Å²) in [5.41, 5.74) is 0.256. The van der Waals surface area contributed by atoms with E-state index in [1.165, 1.54) is 27.8 Å². The van der Waals surface area contributed by atoms with E-state index < -0.39 is 18.0 Å². The van der Waals surface area contributed by atoms with Gasteiger partial charge in [0.2, 0.25) is 0 Å². The number of aromatic nitrogens is 3. The van der Waals surface area contributed by atoms with Crippen molar-refractivity contribution in [2.24, 2.45) is 7.05 Å². The van der Waals surface area contributed by atoms with Crippen LogP contribution in [0.1, 0.15) is 0 Å². The van der Waals surface area contributed by atoms with E-state index in [9.17, 15) is 18.8 Å². The summed E-state index contributed by atoms with van der Waals surface area (Å²) in [7, 11) is 1.58. The van der Waals surface area contributed by atoms with Crippen LogP contribution in [-0.4, -0.2) is 65.5 Å². The Morgan fingerprint density at radius 3 is 3.00 bits per heavy atom. The van der Waals surface area contributed by atoms with E-state index in [2.05, 4.69) is 20.6 Å². The third-order valence-corrected chi connectivity index (χ3v) is 5.56. The third-order valence-electron chi connectivity index (χ3n) is 5.56. The van der Waals surface area contributed by atoms with Crippen molar-refractivity contribution in [1.29, 1.82) is 0 Å². The molecule has 35 heavy (non-hydrogen) atoms. The van der Waals surface area contributed by atoms with Crippen molar-refractivity contribution in [3.05, 3.63) is 46.6 Å². The van der Waals surface area contributed by atoms with Gasteiger partial charge in [0.05, 0.1) is 18.3 Å². The van der Waals surface area contributed by atoms with Crippen molar-refractivity contribution in [1.82, 2.24) is 19.9 Å². The number of hydrogen-bond acceptors (Lipinski definition) is 9. The van der Waals surface area contributed by atoms with Gasteiger partial charge in [0.25, 0.3) is 17.3 Å². The van der Waals surface area contributed by atoms with Crippen LogP contribution in [0.25, 0.3) is 10.9 Å². The molecule has 0 unspecified atom stereocenters. The van der Waals surface area contributed by atoms with Crippen LogP contribution in [0.5, 0.6) is 11.6 Å². The van der Waals surface area contributed by atoms with E-state index >= 15 is 0 Å². The number of benzene rings is 1. The molecule has 1 fully saturated rings. The SMILES string of the molecule is Cn1c(=O)ccc2cc(OCCNC[C@@H]3CN(c4cnc5c(n4)NC(=O)CO5)C(=O)O3)c(F)cc21. The van der Waals surface area contributed by atoms with Gasteiger partial charge in [-0.15, -0.1) is 0 Å². The number of hydrogen-bond donors (Lipinski definition) is 2. The van der Waals surface area contributed by atoms with Crippen molar-refractivity contribution in [2.45, 2.75) is 6.10 Å². The number of pyridine rings is 1. The van der Waals surface area contributed by atoms with Crippen LogP contribution < -0.4 is 30.6 Å². The van der Waals surface area contributed by atoms with E-state index in [0.717, 1.165) is 0 Å². The minimum atomic E-state index is -0.585. The zero-order chi connectivity index (χ0) is 24.5. The maximum Gasteiger partial charge on any atom is 0.416 e. The number of anilines is 2. The first-order valence-corrected chi connectivity index (χ1v) is 10.8. The van der Waals surface area contributed by atoms with Gasteiger partial charge < -0.3 is 29.4 Å². The molecule has 2 aliphatic heterocycles. The summed E-state index contributed by atoms with van der Waals surface area (Å²) in [4.78, 5) is 45.1. The van der Waals surface area contributed by atoms with E-state index in [0.29, 0.717) is 24.0 Å². The summed E-state index contributed by atoms with van der Waals surface area (Å²) >= 11 is 0. The Hall–Kier alpha value is -4.26. The highest BCUT2D eigenvalue weighted by molar-refractivity contribution is 5.94. The number of carbonyl (C=O) groups is 2. The van der Waals surface area contributed by atoms with Gasteiger partial charge in [-0.1, -0.05) is 0 Å². The zero-order valence-electron chi connectivity index (χ0n) is 18.6. The summed E-state index contributed by atoms with van der Waals surface area (Å²) in [5, 5.41) is 6.34. The maximum atomic E-state index is 14.4. The summed E-state index contributed by atoms with van der Waals surface area (Å²) in [6.45, 7) is 0.979. The number of halogens is 1. The number of rotatable bonds is 7. The molecular weight excluding hydrogens is 463 g/mol. The molecule has 0 saturated carbocycles. The van der Waals surface area contributed by atoms with Crippen molar-refractivity contribution >= 4 is 34.5 Å². The quantitative estimate of drug-likeness (QED) is 0.467. The molecule has 12 nitrogen and oxygen atoms in total. The molecule has 3 aromatic rings. The normalized spacial score (nSPS) is 17.1. The van der Waals surface area contributed by atoms with Crippen LogP contribution in [-0.2, 0) is 16.6 Å². The molecule has 2 aromatic heterocycles. The van der Waals surface area contributed by atoms with E-state index in [1.54, 1.807) is 19.2 Å². The van der Waals surface area contributed by atoms with Crippen molar-refractivity contribution in [3.8, 4) is 11.6 Å². The minimum Gasteiger partial charge on any atom is -0.489 e. The standard InChI is InChI=1S/C22H21FN6O6/c1-28-15-7-14(23)16(6-12(15)2-3-19(28)31)33-5-4-24-8-13-10-29(22(32)35-13)17-9-25-21-20(26-17)27-18(30)11-34-21/h2-3,6-7,9,13,24H,4-5,8,10-11H2,1H3,(H,26,27,30)/t13-/m1/s1. The topological polar surface area (TPSA) is 137 Å². The highest BCUT2D eigenvalue weighted by Gasteiger charge is 2.34. The number of cyclic esters (lactones) is 1. The monoisotopic (exact) mass is 484 g/mol. The summed E-state index contributed by atoms with van der Waals surface area (Å²) in [6, 6.07) is 5.86. The number of fused-ring (bicyclic) bond motifs is 2. The molecule has 0 radical (unpaired) electrons. The van der Waals surface area contributed by atoms with Crippen LogP contribution in [0, 0.1) is 5.82 Å². The molecule has 2 N–H and O–H groups in total. The summed E-state index contributed by atoms with van der Waals surface area (Å²) in [5.74, 6) is -0.272. The molecule has 5 rings (SSSR count). The fourth-order valence-corrected chi connectivity index (χ4v) is 3.78. The second-order valence-electron chi connectivity index (χ2n) is 7.96. The number of carbonyl (C=O) groups excluding carboxylic acids is 2. The number of nitrogens with zero attached hydrogens (tertiary/aromatic N) is 4. The molecule has 0 spiro atoms. The Bertz CT molecular complexity index is 1380. The van der Waals surface area contributed by atoms with Gasteiger partial charge >= 0.3 is 6.09 Å². The van der Waals surface area contributed by atoms with Gasteiger partial charge in [0, 0.05) is 37.7 Å². The van der Waals surface area contributed by atoms with E-state index in [4.69, 9.17) is 14.2 Å². The summed E-state index contributed by atoms with van der Waals surface area (Å²) in [6.07, 6.45) is 0.333. The van der Waals surface area contributed by atoms with Crippen LogP contribution in [0.3, 0.4) is 0 Å². The first kappa shape index (κ1) is 22.5. The van der Waals surface area contributed by atoms with Crippen LogP contribution in [0.15, 0.2) is 35.3 Å². The highest BCUT2D eigenvalue weighted by Crippen LogP contribution is 2.27. The lowest BCUT2D eigenvalue weighted by Crippen LogP contribution is -2.33. The second kappa shape index (κ2) is 9.18. The molecule has 1 aromatic carbocycles. The molecule has 0 bridgehead atoms. The first-order valence-electron chi connectivity index (χ1n) is 10.8. The van der Waals surface area contributed by atoms with Gasteiger partial charge in [-0.05, 0) is 12.1 Å². The molecule has 4 heterocycles. The lowest BCUT2D eigenvalue weighted by Gasteiger charge is -2.18. The third kappa shape index (κ3) is 4.57. The number of ether oxygens (including phenoxy) is 3. The van der Waals surface area contributed by atoms with Gasteiger partial charge in [0.1, 0.15) is 12.7 Å². The van der Waals surface area contributed by atoms with Crippen LogP contribution in [0.2, 0.25) is 0 Å². The molecule has 2 amide bonds. The van der Waals surface area contributed by atoms with Gasteiger partial charge in [-0.3, -0.25) is 14.5 Å². The average molecular weight is 484 g/mol. The van der Waals surface area contributed by atoms with Gasteiger partial charge in [0.15, 0.2) is 29.8 Å². The average Bonchev–Trinajstić information content (AvgIpc) is 3.21. The summed E-state index contributed by atoms with van der Waals surface area (Å²) < 4.78 is 31.8. The van der Waals surface area contributed by atoms with Crippen LogP contribution in [0.4, 0.5) is 20.8 Å². The van der Waals surface area contributed by atoms with Crippen molar-refractivity contribution in [2.75, 3.05) is 43.1 Å². The van der Waals surface area contributed by atoms with Gasteiger partial charge in [-0.25, -0.2) is 19.2 Å². The van der Waals surface area contributed by atoms with E-state index in [-0.39, 0.29) is 54.5 Å². The molecule has 182 valence electrons. The molecule has 1 saturated heterocycles. The number of nitrogens with one attached hydrogen (secondary N) is 2. The number of aryl methyl sites for hydroxylation is 1. The maximum absolute atomic E-state index is 14.4. The lowest BCUT2D eigenvalue weighted by molar-refractivity contribution is -0.118. The molecule has 0 aliphatic carbocycles. The fraction of sp³-hybridized carbons (Fsp3) is 0.318. The predicted molar refractivity (Wildman–Crippen MR) is 121 cm³/mol. The van der Waals surface area contributed by atoms with E-state index in [1.807, 2.05) is 0 Å². The molecular formula is C22H21FN6O6. The Balaban J connectivity index is 1.12. The molecule has 2 aliphatic rings. The molecule has 1 atom stereocenters. The minimum absolute atomic E-state index is 0.0819. The zero-order valence-corrected chi connectivity index (χ0v) is 18.6. The predicted octanol–water partition coefficient (Wildman–Crippen LogP) is 0.792. The largest absolute Gasteiger partial charge is 0.489 e. The number of amides is 2. The Labute approximate surface area is 197 Å². The Kier molecular flexibility index (Phi) is 5.91. The highest BCUT2D eigenvalue weighted by atomic mass is 19.1. The lowest BCUT2D eigenvalue weighted by atomic mass is 10.2. The Morgan fingerprint density at radius 2 is 2.14 bits per heavy atom. The van der Waals surface area contributed by atoms with Crippen LogP contribution >= 0.6 is 0 Å². The second-order valence-corrected chi connectivity index (χ2v) is 7.96. The van der Waals surface area contributed by atoms with Gasteiger partial charge in [-0.2, -0.15) is 0 Å². The Morgan fingerprint density at radius 1 is 1.29 bits per heavy atom.